The first-order chi connectivity index (χ1) is 10.2. The Labute approximate surface area is 125 Å². The van der Waals surface area contributed by atoms with E-state index in [9.17, 15) is 22.0 Å². The fourth-order valence-electron chi connectivity index (χ4n) is 1.79. The molecule has 0 saturated carbocycles. The highest BCUT2D eigenvalue weighted by Crippen LogP contribution is 2.23. The average Bonchev–Trinajstić information content (AvgIpc) is 2.43. The first kappa shape index (κ1) is 15.9. The molecule has 2 aromatic rings. The van der Waals surface area contributed by atoms with Crippen LogP contribution in [0, 0.1) is 18.6 Å². The molecule has 0 aromatic heterocycles. The smallest absolute Gasteiger partial charge is 0.335 e. The van der Waals surface area contributed by atoms with Gasteiger partial charge < -0.3 is 5.11 Å². The summed E-state index contributed by atoms with van der Waals surface area (Å²) < 4.78 is 53.0. The van der Waals surface area contributed by atoms with E-state index in [1.165, 1.54) is 25.1 Å². The maximum absolute atomic E-state index is 13.6. The van der Waals surface area contributed by atoms with E-state index >= 15 is 0 Å². The highest BCUT2D eigenvalue weighted by molar-refractivity contribution is 7.92. The Morgan fingerprint density at radius 2 is 1.82 bits per heavy atom. The first-order valence-corrected chi connectivity index (χ1v) is 7.51. The topological polar surface area (TPSA) is 83.5 Å². The molecule has 22 heavy (non-hydrogen) atoms. The number of aromatic carboxylic acids is 1. The molecule has 0 aliphatic heterocycles. The predicted octanol–water partition coefficient (Wildman–Crippen LogP) is 2.77. The number of carbonyl (C=O) groups is 1. The third-order valence-electron chi connectivity index (χ3n) is 2.90. The predicted molar refractivity (Wildman–Crippen MR) is 75.3 cm³/mol. The normalized spacial score (nSPS) is 11.2. The minimum Gasteiger partial charge on any atom is -0.478 e. The van der Waals surface area contributed by atoms with Crippen LogP contribution in [0.2, 0.25) is 0 Å². The second-order valence-electron chi connectivity index (χ2n) is 4.52. The molecule has 0 radical (unpaired) electrons. The molecule has 2 N–H and O–H groups in total. The standard InChI is InChI=1S/C14H11F2NO4S/c1-8-6-9(14(18)19)2-5-12(8)17-22(20,21)13-7-10(15)3-4-11(13)16/h2-7,17H,1H3,(H,18,19). The van der Waals surface area contributed by atoms with Gasteiger partial charge >= 0.3 is 5.97 Å². The van der Waals surface area contributed by atoms with Gasteiger partial charge in [0.25, 0.3) is 10.0 Å². The average molecular weight is 327 g/mol. The molecule has 0 aliphatic carbocycles. The fourth-order valence-corrected chi connectivity index (χ4v) is 3.02. The molecule has 0 spiro atoms. The lowest BCUT2D eigenvalue weighted by Gasteiger charge is -2.11. The molecule has 0 saturated heterocycles. The van der Waals surface area contributed by atoms with Gasteiger partial charge in [0, 0.05) is 0 Å². The van der Waals surface area contributed by atoms with E-state index in [4.69, 9.17) is 5.11 Å². The molecule has 2 aromatic carbocycles. The van der Waals surface area contributed by atoms with Crippen molar-refractivity contribution in [2.45, 2.75) is 11.8 Å². The monoisotopic (exact) mass is 327 g/mol. The van der Waals surface area contributed by atoms with Gasteiger partial charge in [-0.2, -0.15) is 0 Å². The number of carboxylic acid groups (broad SMARTS) is 1. The summed E-state index contributed by atoms with van der Waals surface area (Å²) in [6.45, 7) is 1.49. The zero-order chi connectivity index (χ0) is 16.5. The number of nitrogens with one attached hydrogen (secondary N) is 1. The molecule has 116 valence electrons. The van der Waals surface area contributed by atoms with Gasteiger partial charge in [-0.25, -0.2) is 22.0 Å². The second kappa shape index (κ2) is 5.72. The van der Waals surface area contributed by atoms with Gasteiger partial charge in [0.2, 0.25) is 0 Å². The van der Waals surface area contributed by atoms with Crippen molar-refractivity contribution < 1.29 is 27.1 Å². The van der Waals surface area contributed by atoms with E-state index in [1.54, 1.807) is 0 Å². The second-order valence-corrected chi connectivity index (χ2v) is 6.17. The van der Waals surface area contributed by atoms with Crippen molar-refractivity contribution in [2.24, 2.45) is 0 Å². The van der Waals surface area contributed by atoms with E-state index < -0.39 is 32.5 Å². The van der Waals surface area contributed by atoms with Gasteiger partial charge in [-0.15, -0.1) is 0 Å². The number of sulfonamides is 1. The molecule has 0 fully saturated rings. The Bertz CT molecular complexity index is 850. The van der Waals surface area contributed by atoms with Gasteiger partial charge in [0.1, 0.15) is 16.5 Å². The van der Waals surface area contributed by atoms with Crippen molar-refractivity contribution in [3.05, 3.63) is 59.2 Å². The molecular weight excluding hydrogens is 316 g/mol. The van der Waals surface area contributed by atoms with Crippen molar-refractivity contribution in [3.8, 4) is 0 Å². The van der Waals surface area contributed by atoms with E-state index in [1.807, 2.05) is 0 Å². The van der Waals surface area contributed by atoms with E-state index in [2.05, 4.69) is 4.72 Å². The van der Waals surface area contributed by atoms with Crippen LogP contribution in [0.15, 0.2) is 41.3 Å². The lowest BCUT2D eigenvalue weighted by molar-refractivity contribution is 0.0697. The first-order valence-electron chi connectivity index (χ1n) is 6.02. The molecule has 0 atom stereocenters. The number of hydrogen-bond donors (Lipinski definition) is 2. The van der Waals surface area contributed by atoms with Gasteiger partial charge in [-0.1, -0.05) is 0 Å². The van der Waals surface area contributed by atoms with Crippen molar-refractivity contribution >= 4 is 21.7 Å². The minimum atomic E-state index is -4.33. The highest BCUT2D eigenvalue weighted by Gasteiger charge is 2.21. The largest absolute Gasteiger partial charge is 0.478 e. The maximum atomic E-state index is 13.6. The zero-order valence-corrected chi connectivity index (χ0v) is 12.1. The molecule has 0 amide bonds. The fraction of sp³-hybridized carbons (Fsp3) is 0.0714. The van der Waals surface area contributed by atoms with Crippen LogP contribution in [-0.2, 0) is 10.0 Å². The van der Waals surface area contributed by atoms with Crippen LogP contribution in [0.4, 0.5) is 14.5 Å². The quantitative estimate of drug-likeness (QED) is 0.904. The maximum Gasteiger partial charge on any atom is 0.335 e. The van der Waals surface area contributed by atoms with Crippen molar-refractivity contribution in [3.63, 3.8) is 0 Å². The summed E-state index contributed by atoms with van der Waals surface area (Å²) in [5.41, 5.74) is 0.395. The number of carboxylic acids is 1. The molecule has 8 heteroatoms. The van der Waals surface area contributed by atoms with Crippen molar-refractivity contribution in [2.75, 3.05) is 4.72 Å². The number of hydrogen-bond acceptors (Lipinski definition) is 3. The van der Waals surface area contributed by atoms with Crippen molar-refractivity contribution in [1.29, 1.82) is 0 Å². The van der Waals surface area contributed by atoms with Crippen LogP contribution in [0.1, 0.15) is 15.9 Å². The van der Waals surface area contributed by atoms with Crippen LogP contribution in [0.3, 0.4) is 0 Å². The minimum absolute atomic E-state index is 0.0163. The summed E-state index contributed by atoms with van der Waals surface area (Å²) in [5, 5.41) is 8.85. The molecule has 0 aliphatic rings. The van der Waals surface area contributed by atoms with Crippen LogP contribution >= 0.6 is 0 Å². The number of anilines is 1. The number of rotatable bonds is 4. The number of aryl methyl sites for hydroxylation is 1. The van der Waals surface area contributed by atoms with Gasteiger partial charge in [-0.05, 0) is 48.9 Å². The van der Waals surface area contributed by atoms with Gasteiger partial charge in [0.05, 0.1) is 11.3 Å². The third kappa shape index (κ3) is 3.22. The molecule has 0 unspecified atom stereocenters. The molecular formula is C14H11F2NO4S. The third-order valence-corrected chi connectivity index (χ3v) is 4.28. The van der Waals surface area contributed by atoms with Gasteiger partial charge in [0.15, 0.2) is 0 Å². The summed E-state index contributed by atoms with van der Waals surface area (Å²) in [6, 6.07) is 5.80. The molecule has 0 heterocycles. The number of benzene rings is 2. The summed E-state index contributed by atoms with van der Waals surface area (Å²) >= 11 is 0. The molecule has 2 rings (SSSR count). The summed E-state index contributed by atoms with van der Waals surface area (Å²) in [7, 11) is -4.33. The zero-order valence-electron chi connectivity index (χ0n) is 11.3. The van der Waals surface area contributed by atoms with Crippen LogP contribution in [-0.4, -0.2) is 19.5 Å². The Morgan fingerprint density at radius 1 is 1.14 bits per heavy atom. The summed E-state index contributed by atoms with van der Waals surface area (Å²) in [6.07, 6.45) is 0. The summed E-state index contributed by atoms with van der Waals surface area (Å²) in [5.74, 6) is -3.14. The van der Waals surface area contributed by atoms with Crippen LogP contribution in [0.5, 0.6) is 0 Å². The Morgan fingerprint density at radius 3 is 2.41 bits per heavy atom. The Balaban J connectivity index is 2.41. The lowest BCUT2D eigenvalue weighted by atomic mass is 10.1. The van der Waals surface area contributed by atoms with Gasteiger partial charge in [-0.3, -0.25) is 4.72 Å². The van der Waals surface area contributed by atoms with E-state index in [-0.39, 0.29) is 11.3 Å². The lowest BCUT2D eigenvalue weighted by Crippen LogP contribution is -2.16. The van der Waals surface area contributed by atoms with Crippen LogP contribution < -0.4 is 4.72 Å². The van der Waals surface area contributed by atoms with E-state index in [0.29, 0.717) is 17.7 Å². The number of halogens is 2. The van der Waals surface area contributed by atoms with Crippen LogP contribution in [0.25, 0.3) is 0 Å². The van der Waals surface area contributed by atoms with E-state index in [0.717, 1.165) is 6.07 Å². The SMILES string of the molecule is Cc1cc(C(=O)O)ccc1NS(=O)(=O)c1cc(F)ccc1F. The summed E-state index contributed by atoms with van der Waals surface area (Å²) in [4.78, 5) is 10.00. The van der Waals surface area contributed by atoms with Crippen molar-refractivity contribution in [1.82, 2.24) is 0 Å². The molecule has 0 bridgehead atoms. The molecule has 5 nitrogen and oxygen atoms in total. The Hall–Kier alpha value is -2.48. The Kier molecular flexibility index (Phi) is 4.14. The highest BCUT2D eigenvalue weighted by atomic mass is 32.2.